The number of sulfonamides is 1. The fraction of sp³-hybridized carbons (Fsp3) is 0.375. The maximum Gasteiger partial charge on any atom is 0.264 e. The zero-order chi connectivity index (χ0) is 30.9. The van der Waals surface area contributed by atoms with Gasteiger partial charge >= 0.3 is 0 Å². The van der Waals surface area contributed by atoms with Crippen molar-refractivity contribution in [3.8, 4) is 5.75 Å². The number of ether oxygens (including phenoxy) is 1. The predicted octanol–water partition coefficient (Wildman–Crippen LogP) is 5.96. The maximum atomic E-state index is 14.2. The van der Waals surface area contributed by atoms with Crippen LogP contribution in [0.5, 0.6) is 5.75 Å². The molecule has 3 rings (SSSR count). The molecule has 1 N–H and O–H groups in total. The second kappa shape index (κ2) is 15.1. The van der Waals surface area contributed by atoms with Crippen LogP contribution in [0.4, 0.5) is 5.69 Å². The number of nitrogens with zero attached hydrogens (tertiary/aromatic N) is 2. The van der Waals surface area contributed by atoms with E-state index in [1.165, 1.54) is 17.0 Å². The van der Waals surface area contributed by atoms with Gasteiger partial charge in [0.1, 0.15) is 18.3 Å². The lowest BCUT2D eigenvalue weighted by atomic mass is 10.1. The highest BCUT2D eigenvalue weighted by Crippen LogP contribution is 2.27. The van der Waals surface area contributed by atoms with Crippen LogP contribution in [-0.2, 0) is 26.2 Å². The zero-order valence-corrected chi connectivity index (χ0v) is 26.4. The zero-order valence-electron chi connectivity index (χ0n) is 24.8. The van der Waals surface area contributed by atoms with Crippen LogP contribution in [0, 0.1) is 6.92 Å². The van der Waals surface area contributed by atoms with E-state index in [0.717, 1.165) is 16.3 Å². The molecule has 0 unspecified atom stereocenters. The molecule has 42 heavy (non-hydrogen) atoms. The average Bonchev–Trinajstić information content (AvgIpc) is 2.97. The van der Waals surface area contributed by atoms with E-state index < -0.39 is 28.5 Å². The van der Waals surface area contributed by atoms with Crippen molar-refractivity contribution in [1.82, 2.24) is 10.2 Å². The normalized spacial score (nSPS) is 12.7. The van der Waals surface area contributed by atoms with Gasteiger partial charge < -0.3 is 15.0 Å². The molecule has 3 aromatic rings. The Morgan fingerprint density at radius 2 is 1.57 bits per heavy atom. The highest BCUT2D eigenvalue weighted by Gasteiger charge is 2.34. The molecular formula is C32H40ClN3O5S. The Kier molecular flexibility index (Phi) is 11.8. The van der Waals surface area contributed by atoms with Crippen molar-refractivity contribution in [1.29, 1.82) is 0 Å². The number of halogens is 1. The standard InChI is InChI=1S/C32H40ClN3O5S/c1-6-24(5)34-32(38)30(7-2)35(21-25-11-9-10-12-29(25)33)31(37)22-36(26-15-13-23(4)14-16-26)42(39,40)28-19-17-27(18-20-28)41-8-3/h9-20,24,30H,6-8,21-22H2,1-5H3,(H,34,38)/t24-,30-/m1/s1. The lowest BCUT2D eigenvalue weighted by Crippen LogP contribution is -2.53. The fourth-order valence-electron chi connectivity index (χ4n) is 4.41. The van der Waals surface area contributed by atoms with Crippen molar-refractivity contribution < 1.29 is 22.7 Å². The summed E-state index contributed by atoms with van der Waals surface area (Å²) < 4.78 is 34.6. The molecule has 2 atom stereocenters. The largest absolute Gasteiger partial charge is 0.494 e. The number of carbonyl (C=O) groups excluding carboxylic acids is 2. The molecule has 0 aliphatic rings. The first-order chi connectivity index (χ1) is 20.0. The van der Waals surface area contributed by atoms with E-state index in [4.69, 9.17) is 16.3 Å². The maximum absolute atomic E-state index is 14.2. The quantitative estimate of drug-likeness (QED) is 0.242. The van der Waals surface area contributed by atoms with Crippen LogP contribution < -0.4 is 14.4 Å². The summed E-state index contributed by atoms with van der Waals surface area (Å²) in [7, 11) is -4.18. The van der Waals surface area contributed by atoms with Gasteiger partial charge in [0.05, 0.1) is 17.2 Å². The van der Waals surface area contributed by atoms with Gasteiger partial charge in [-0.25, -0.2) is 8.42 Å². The molecule has 0 saturated heterocycles. The van der Waals surface area contributed by atoms with Crippen molar-refractivity contribution in [3.05, 3.63) is 88.9 Å². The van der Waals surface area contributed by atoms with Crippen molar-refractivity contribution in [3.63, 3.8) is 0 Å². The molecule has 0 aliphatic heterocycles. The third kappa shape index (κ3) is 8.26. The molecule has 0 heterocycles. The summed E-state index contributed by atoms with van der Waals surface area (Å²) in [5.41, 5.74) is 1.92. The average molecular weight is 614 g/mol. The lowest BCUT2D eigenvalue weighted by Gasteiger charge is -2.34. The van der Waals surface area contributed by atoms with Crippen molar-refractivity contribution in [2.24, 2.45) is 0 Å². The summed E-state index contributed by atoms with van der Waals surface area (Å²) in [5.74, 6) is -0.293. The molecule has 0 bridgehead atoms. The molecule has 2 amide bonds. The molecule has 0 spiro atoms. The summed E-state index contributed by atoms with van der Waals surface area (Å²) in [5, 5.41) is 3.42. The number of hydrogen-bond donors (Lipinski definition) is 1. The van der Waals surface area contributed by atoms with Gasteiger partial charge in [-0.05, 0) is 81.6 Å². The van der Waals surface area contributed by atoms with Crippen LogP contribution in [-0.4, -0.2) is 50.4 Å². The SMILES string of the molecule is CCOc1ccc(S(=O)(=O)N(CC(=O)N(Cc2ccccc2Cl)[C@H](CC)C(=O)N[C@H](C)CC)c2ccc(C)cc2)cc1. The number of benzene rings is 3. The molecule has 226 valence electrons. The van der Waals surface area contributed by atoms with Crippen LogP contribution in [0.1, 0.15) is 51.7 Å². The van der Waals surface area contributed by atoms with Crippen LogP contribution in [0.3, 0.4) is 0 Å². The minimum Gasteiger partial charge on any atom is -0.494 e. The van der Waals surface area contributed by atoms with E-state index in [2.05, 4.69) is 5.32 Å². The van der Waals surface area contributed by atoms with Gasteiger partial charge in [0.25, 0.3) is 10.0 Å². The fourth-order valence-corrected chi connectivity index (χ4v) is 6.02. The van der Waals surface area contributed by atoms with Gasteiger partial charge in [-0.2, -0.15) is 0 Å². The van der Waals surface area contributed by atoms with E-state index in [-0.39, 0.29) is 23.4 Å². The first kappa shape index (κ1) is 32.9. The number of rotatable bonds is 14. The Morgan fingerprint density at radius 1 is 0.929 bits per heavy atom. The number of anilines is 1. The number of nitrogens with one attached hydrogen (secondary N) is 1. The van der Waals surface area contributed by atoms with E-state index in [9.17, 15) is 18.0 Å². The van der Waals surface area contributed by atoms with E-state index in [1.54, 1.807) is 60.7 Å². The number of carbonyl (C=O) groups is 2. The molecule has 8 nitrogen and oxygen atoms in total. The van der Waals surface area contributed by atoms with E-state index >= 15 is 0 Å². The number of amides is 2. The van der Waals surface area contributed by atoms with Gasteiger partial charge in [0, 0.05) is 17.6 Å². The minimum absolute atomic E-state index is 0.0125. The van der Waals surface area contributed by atoms with Gasteiger partial charge in [0.15, 0.2) is 0 Å². The Morgan fingerprint density at radius 3 is 2.14 bits per heavy atom. The van der Waals surface area contributed by atoms with Crippen molar-refractivity contribution in [2.45, 2.75) is 71.0 Å². The lowest BCUT2D eigenvalue weighted by molar-refractivity contribution is -0.140. The highest BCUT2D eigenvalue weighted by atomic mass is 35.5. The summed E-state index contributed by atoms with van der Waals surface area (Å²) >= 11 is 6.46. The summed E-state index contributed by atoms with van der Waals surface area (Å²) in [6, 6.07) is 19.2. The van der Waals surface area contributed by atoms with Crippen molar-refractivity contribution >= 4 is 39.1 Å². The predicted molar refractivity (Wildman–Crippen MR) is 167 cm³/mol. The molecule has 3 aromatic carbocycles. The molecule has 0 aliphatic carbocycles. The van der Waals surface area contributed by atoms with Crippen LogP contribution in [0.2, 0.25) is 5.02 Å². The molecule has 0 fully saturated rings. The van der Waals surface area contributed by atoms with Crippen LogP contribution >= 0.6 is 11.6 Å². The van der Waals surface area contributed by atoms with Gasteiger partial charge in [-0.3, -0.25) is 13.9 Å². The Bertz CT molecular complexity index is 1450. The highest BCUT2D eigenvalue weighted by molar-refractivity contribution is 7.92. The van der Waals surface area contributed by atoms with Gasteiger partial charge in [0.2, 0.25) is 11.8 Å². The van der Waals surface area contributed by atoms with Gasteiger partial charge in [-0.1, -0.05) is 61.3 Å². The smallest absolute Gasteiger partial charge is 0.264 e. The van der Waals surface area contributed by atoms with Crippen LogP contribution in [0.15, 0.2) is 77.7 Å². The molecule has 0 aromatic heterocycles. The molecule has 0 radical (unpaired) electrons. The summed E-state index contributed by atoms with van der Waals surface area (Å²) in [6.45, 7) is 9.38. The van der Waals surface area contributed by atoms with E-state index in [0.29, 0.717) is 35.1 Å². The second-order valence-electron chi connectivity index (χ2n) is 10.1. The molecule has 0 saturated carbocycles. The van der Waals surface area contributed by atoms with Gasteiger partial charge in [-0.15, -0.1) is 0 Å². The summed E-state index contributed by atoms with van der Waals surface area (Å²) in [4.78, 5) is 29.0. The van der Waals surface area contributed by atoms with Crippen molar-refractivity contribution in [2.75, 3.05) is 17.5 Å². The first-order valence-electron chi connectivity index (χ1n) is 14.2. The number of hydrogen-bond acceptors (Lipinski definition) is 5. The number of aryl methyl sites for hydroxylation is 1. The third-order valence-electron chi connectivity index (χ3n) is 7.01. The van der Waals surface area contributed by atoms with Crippen LogP contribution in [0.25, 0.3) is 0 Å². The third-order valence-corrected chi connectivity index (χ3v) is 9.17. The topological polar surface area (TPSA) is 96.0 Å². The Balaban J connectivity index is 2.06. The molecule has 10 heteroatoms. The second-order valence-corrected chi connectivity index (χ2v) is 12.4. The monoisotopic (exact) mass is 613 g/mol. The summed E-state index contributed by atoms with van der Waals surface area (Å²) in [6.07, 6.45) is 1.05. The minimum atomic E-state index is -4.18. The first-order valence-corrected chi connectivity index (χ1v) is 16.0. The Hall–Kier alpha value is -3.56. The molecular weight excluding hydrogens is 574 g/mol. The Labute approximate surface area is 254 Å². The van der Waals surface area contributed by atoms with E-state index in [1.807, 2.05) is 34.6 Å².